The Labute approximate surface area is 182 Å². The van der Waals surface area contributed by atoms with E-state index in [4.69, 9.17) is 9.47 Å². The van der Waals surface area contributed by atoms with Crippen LogP contribution >= 0.6 is 0 Å². The van der Waals surface area contributed by atoms with Crippen molar-refractivity contribution in [3.8, 4) is 11.5 Å². The van der Waals surface area contributed by atoms with Crippen LogP contribution in [-0.2, 0) is 9.59 Å². The van der Waals surface area contributed by atoms with E-state index in [1.54, 1.807) is 18.2 Å². The van der Waals surface area contributed by atoms with Crippen molar-refractivity contribution in [3.05, 3.63) is 47.5 Å². The minimum absolute atomic E-state index is 0.0114. The van der Waals surface area contributed by atoms with Crippen molar-refractivity contribution < 1.29 is 19.1 Å². The fourth-order valence-electron chi connectivity index (χ4n) is 3.76. The molecule has 0 saturated carbocycles. The van der Waals surface area contributed by atoms with Crippen LogP contribution in [-0.4, -0.2) is 67.7 Å². The molecule has 2 amide bonds. The van der Waals surface area contributed by atoms with Gasteiger partial charge in [-0.1, -0.05) is 12.1 Å². The van der Waals surface area contributed by atoms with Crippen LogP contribution in [0.25, 0.3) is 0 Å². The minimum atomic E-state index is -0.0695. The molecule has 0 bridgehead atoms. The van der Waals surface area contributed by atoms with Crippen molar-refractivity contribution in [1.82, 2.24) is 9.80 Å². The highest BCUT2D eigenvalue weighted by Gasteiger charge is 2.21. The minimum Gasteiger partial charge on any atom is -0.454 e. The lowest BCUT2D eigenvalue weighted by molar-refractivity contribution is -0.120. The lowest BCUT2D eigenvalue weighted by atomic mass is 10.1. The molecule has 0 spiro atoms. The summed E-state index contributed by atoms with van der Waals surface area (Å²) in [5, 5.41) is 5.91. The summed E-state index contributed by atoms with van der Waals surface area (Å²) < 4.78 is 10.6. The van der Waals surface area contributed by atoms with Gasteiger partial charge in [-0.3, -0.25) is 19.4 Å². The standard InChI is InChI=1S/C23H28N4O4/c1-16-4-3-5-19(17(16)2)25-23(29)14-27-10-8-26(9-11-27)13-22(28)24-18-6-7-20-21(12-18)31-15-30-20/h3-7,12H,8-11,13-15H2,1-2H3,(H,24,28)(H,25,29). The number of carbonyl (C=O) groups excluding carboxylic acids is 2. The number of ether oxygens (including phenoxy) is 2. The molecule has 4 rings (SSSR count). The zero-order chi connectivity index (χ0) is 21.8. The first kappa shape index (κ1) is 21.1. The summed E-state index contributed by atoms with van der Waals surface area (Å²) in [6.07, 6.45) is 0. The third-order valence-corrected chi connectivity index (χ3v) is 5.73. The molecular formula is C23H28N4O4. The number of amides is 2. The van der Waals surface area contributed by atoms with Gasteiger partial charge in [0.15, 0.2) is 11.5 Å². The molecule has 8 heteroatoms. The van der Waals surface area contributed by atoms with Crippen molar-refractivity contribution in [2.75, 3.05) is 56.7 Å². The molecule has 1 fully saturated rings. The maximum absolute atomic E-state index is 12.4. The maximum atomic E-state index is 12.4. The van der Waals surface area contributed by atoms with Gasteiger partial charge in [0, 0.05) is 43.6 Å². The van der Waals surface area contributed by atoms with E-state index < -0.39 is 0 Å². The number of nitrogens with zero attached hydrogens (tertiary/aromatic N) is 2. The predicted octanol–water partition coefficient (Wildman–Crippen LogP) is 2.23. The Kier molecular flexibility index (Phi) is 6.39. The van der Waals surface area contributed by atoms with Crippen molar-refractivity contribution in [1.29, 1.82) is 0 Å². The van der Waals surface area contributed by atoms with Gasteiger partial charge in [0.1, 0.15) is 0 Å². The summed E-state index contributed by atoms with van der Waals surface area (Å²) in [4.78, 5) is 29.1. The summed E-state index contributed by atoms with van der Waals surface area (Å²) in [7, 11) is 0. The molecule has 2 aliphatic rings. The second-order valence-corrected chi connectivity index (χ2v) is 7.96. The number of aryl methyl sites for hydroxylation is 1. The fourth-order valence-corrected chi connectivity index (χ4v) is 3.76. The average molecular weight is 425 g/mol. The molecule has 2 aromatic carbocycles. The molecular weight excluding hydrogens is 396 g/mol. The van der Waals surface area contributed by atoms with Gasteiger partial charge in [0.05, 0.1) is 13.1 Å². The van der Waals surface area contributed by atoms with E-state index in [2.05, 4.69) is 20.4 Å². The number of fused-ring (bicyclic) bond motifs is 1. The first-order valence-electron chi connectivity index (χ1n) is 10.5. The average Bonchev–Trinajstić information content (AvgIpc) is 3.21. The predicted molar refractivity (Wildman–Crippen MR) is 119 cm³/mol. The first-order valence-corrected chi connectivity index (χ1v) is 10.5. The summed E-state index contributed by atoms with van der Waals surface area (Å²) >= 11 is 0. The number of carbonyl (C=O) groups is 2. The van der Waals surface area contributed by atoms with Gasteiger partial charge < -0.3 is 20.1 Å². The smallest absolute Gasteiger partial charge is 0.238 e. The van der Waals surface area contributed by atoms with Gasteiger partial charge in [0.2, 0.25) is 18.6 Å². The van der Waals surface area contributed by atoms with Crippen LogP contribution in [0.15, 0.2) is 36.4 Å². The number of anilines is 2. The van der Waals surface area contributed by atoms with Crippen LogP contribution in [0, 0.1) is 13.8 Å². The van der Waals surface area contributed by atoms with Crippen LogP contribution in [0.5, 0.6) is 11.5 Å². The van der Waals surface area contributed by atoms with E-state index in [0.717, 1.165) is 43.0 Å². The Morgan fingerprint density at radius 3 is 2.23 bits per heavy atom. The Hall–Kier alpha value is -3.10. The molecule has 2 heterocycles. The van der Waals surface area contributed by atoms with Gasteiger partial charge in [0.25, 0.3) is 0 Å². The fraction of sp³-hybridized carbons (Fsp3) is 0.391. The van der Waals surface area contributed by atoms with Crippen LogP contribution in [0.3, 0.4) is 0 Å². The molecule has 164 valence electrons. The van der Waals surface area contributed by atoms with E-state index in [1.807, 2.05) is 32.0 Å². The summed E-state index contributed by atoms with van der Waals surface area (Å²) in [5.74, 6) is 1.25. The largest absolute Gasteiger partial charge is 0.454 e. The van der Waals surface area contributed by atoms with Crippen LogP contribution in [0.2, 0.25) is 0 Å². The molecule has 0 aromatic heterocycles. The molecule has 8 nitrogen and oxygen atoms in total. The Morgan fingerprint density at radius 2 is 1.52 bits per heavy atom. The van der Waals surface area contributed by atoms with Gasteiger partial charge >= 0.3 is 0 Å². The Morgan fingerprint density at radius 1 is 0.871 bits per heavy atom. The quantitative estimate of drug-likeness (QED) is 0.740. The van der Waals surface area contributed by atoms with Gasteiger partial charge in [-0.25, -0.2) is 0 Å². The van der Waals surface area contributed by atoms with Crippen LogP contribution in [0.4, 0.5) is 11.4 Å². The molecule has 0 unspecified atom stereocenters. The van der Waals surface area contributed by atoms with Gasteiger partial charge in [-0.05, 0) is 43.2 Å². The van der Waals surface area contributed by atoms with E-state index in [1.165, 1.54) is 0 Å². The lowest BCUT2D eigenvalue weighted by Crippen LogP contribution is -2.50. The number of benzene rings is 2. The second kappa shape index (κ2) is 9.36. The number of nitrogens with one attached hydrogen (secondary N) is 2. The SMILES string of the molecule is Cc1cccc(NC(=O)CN2CCN(CC(=O)Nc3ccc4c(c3)OCO4)CC2)c1C. The van der Waals surface area contributed by atoms with Crippen molar-refractivity contribution in [3.63, 3.8) is 0 Å². The van der Waals surface area contributed by atoms with Gasteiger partial charge in [-0.15, -0.1) is 0 Å². The molecule has 0 radical (unpaired) electrons. The molecule has 0 aliphatic carbocycles. The molecule has 31 heavy (non-hydrogen) atoms. The van der Waals surface area contributed by atoms with Crippen LogP contribution in [0.1, 0.15) is 11.1 Å². The van der Waals surface area contributed by atoms with Crippen molar-refractivity contribution in [2.24, 2.45) is 0 Å². The van der Waals surface area contributed by atoms with Crippen molar-refractivity contribution in [2.45, 2.75) is 13.8 Å². The highest BCUT2D eigenvalue weighted by atomic mass is 16.7. The molecule has 2 aliphatic heterocycles. The monoisotopic (exact) mass is 424 g/mol. The van der Waals surface area contributed by atoms with E-state index in [-0.39, 0.29) is 18.6 Å². The van der Waals surface area contributed by atoms with E-state index in [9.17, 15) is 9.59 Å². The highest BCUT2D eigenvalue weighted by Crippen LogP contribution is 2.34. The summed E-state index contributed by atoms with van der Waals surface area (Å²) in [6, 6.07) is 11.3. The maximum Gasteiger partial charge on any atom is 0.238 e. The number of hydrogen-bond acceptors (Lipinski definition) is 6. The highest BCUT2D eigenvalue weighted by molar-refractivity contribution is 5.93. The third kappa shape index (κ3) is 5.34. The normalized spacial score (nSPS) is 16.2. The molecule has 2 aromatic rings. The first-order chi connectivity index (χ1) is 15.0. The van der Waals surface area contributed by atoms with Gasteiger partial charge in [-0.2, -0.15) is 0 Å². The molecule has 0 atom stereocenters. The molecule has 1 saturated heterocycles. The Bertz CT molecular complexity index is 970. The summed E-state index contributed by atoms with van der Waals surface area (Å²) in [5.41, 5.74) is 3.81. The third-order valence-electron chi connectivity index (χ3n) is 5.73. The number of rotatable bonds is 6. The van der Waals surface area contributed by atoms with E-state index in [0.29, 0.717) is 30.3 Å². The van der Waals surface area contributed by atoms with E-state index >= 15 is 0 Å². The van der Waals surface area contributed by atoms with Crippen LogP contribution < -0.4 is 20.1 Å². The van der Waals surface area contributed by atoms with Crippen molar-refractivity contribution >= 4 is 23.2 Å². The zero-order valence-corrected chi connectivity index (χ0v) is 17.9. The number of hydrogen-bond donors (Lipinski definition) is 2. The summed E-state index contributed by atoms with van der Waals surface area (Å²) in [6.45, 7) is 7.90. The second-order valence-electron chi connectivity index (χ2n) is 7.96. The Balaban J connectivity index is 1.20. The molecule has 2 N–H and O–H groups in total. The number of piperazine rings is 1. The lowest BCUT2D eigenvalue weighted by Gasteiger charge is -2.33. The zero-order valence-electron chi connectivity index (χ0n) is 17.9. The topological polar surface area (TPSA) is 83.1 Å².